The van der Waals surface area contributed by atoms with Crippen LogP contribution in [0.5, 0.6) is 34.5 Å². The van der Waals surface area contributed by atoms with Crippen LogP contribution >= 0.6 is 24.1 Å². The first-order chi connectivity index (χ1) is 24.1. The Labute approximate surface area is 286 Å². The van der Waals surface area contributed by atoms with Gasteiger partial charge in [0.15, 0.2) is 21.9 Å². The van der Waals surface area contributed by atoms with Crippen molar-refractivity contribution in [3.63, 3.8) is 0 Å². The summed E-state index contributed by atoms with van der Waals surface area (Å²) in [6.07, 6.45) is 0. The molecule has 0 radical (unpaired) electrons. The van der Waals surface area contributed by atoms with Gasteiger partial charge >= 0.3 is 24.1 Å². The second kappa shape index (κ2) is 15.1. The first-order valence-corrected chi connectivity index (χ1v) is 19.6. The minimum absolute atomic E-state index is 0.441. The van der Waals surface area contributed by atoms with Crippen LogP contribution in [-0.2, 0) is 0 Å². The quantitative estimate of drug-likeness (QED) is 0.124. The molecule has 7 rings (SSSR count). The van der Waals surface area contributed by atoms with Crippen molar-refractivity contribution in [3.8, 4) is 34.5 Å². The summed E-state index contributed by atoms with van der Waals surface area (Å²) in [6, 6.07) is 55.4. The number of nitrogens with two attached hydrogens (primary N) is 1. The Hall–Kier alpha value is -4.91. The second-order valence-corrected chi connectivity index (χ2v) is 16.5. The zero-order chi connectivity index (χ0) is 33.4. The van der Waals surface area contributed by atoms with E-state index in [-0.39, 0.29) is 0 Å². The van der Waals surface area contributed by atoms with Crippen LogP contribution in [0, 0.1) is 0 Å². The maximum atomic E-state index is 7.64. The molecule has 2 unspecified atom stereocenters. The fourth-order valence-electron chi connectivity index (χ4n) is 4.55. The molecule has 0 saturated carbocycles. The van der Waals surface area contributed by atoms with Gasteiger partial charge < -0.3 is 23.2 Å². The van der Waals surface area contributed by atoms with Crippen molar-refractivity contribution in [2.24, 2.45) is 10.0 Å². The molecular formula is C36H32N4O6P3+. The van der Waals surface area contributed by atoms with Crippen LogP contribution in [0.1, 0.15) is 0 Å². The van der Waals surface area contributed by atoms with E-state index in [1.54, 1.807) is 24.3 Å². The Morgan fingerprint density at radius 1 is 0.469 bits per heavy atom. The highest BCUT2D eigenvalue weighted by molar-refractivity contribution is 7.84. The van der Waals surface area contributed by atoms with Gasteiger partial charge in [-0.15, -0.1) is 10.0 Å². The maximum Gasteiger partial charge on any atom is 0.500 e. The molecule has 0 spiro atoms. The molecule has 1 heterocycles. The smallest absolute Gasteiger partial charge is 0.435 e. The van der Waals surface area contributed by atoms with Gasteiger partial charge in [-0.25, -0.2) is 0 Å². The Bertz CT molecular complexity index is 1930. The molecule has 0 bridgehead atoms. The summed E-state index contributed by atoms with van der Waals surface area (Å²) in [6.45, 7) is 0. The van der Waals surface area contributed by atoms with Gasteiger partial charge in [0.05, 0.1) is 0 Å². The Kier molecular flexibility index (Phi) is 10.1. The Balaban J connectivity index is 1.50. The van der Waals surface area contributed by atoms with E-state index >= 15 is 0 Å². The topological polar surface area (TPSA) is 100 Å². The molecule has 49 heavy (non-hydrogen) atoms. The molecule has 10 nitrogen and oxygen atoms in total. The van der Waals surface area contributed by atoms with Crippen molar-refractivity contribution >= 4 is 24.1 Å². The van der Waals surface area contributed by atoms with E-state index in [0.717, 1.165) is 0 Å². The highest BCUT2D eigenvalue weighted by atomic mass is 31.3. The van der Waals surface area contributed by atoms with Crippen molar-refractivity contribution in [2.45, 2.75) is 0 Å². The zero-order valence-corrected chi connectivity index (χ0v) is 28.7. The second-order valence-electron chi connectivity index (χ2n) is 10.4. The maximum absolute atomic E-state index is 7.64. The van der Waals surface area contributed by atoms with Crippen LogP contribution in [0.2, 0.25) is 0 Å². The summed E-state index contributed by atoms with van der Waals surface area (Å²) in [4.78, 5) is 13.4. The molecule has 0 aromatic heterocycles. The molecule has 0 amide bonds. The highest BCUT2D eigenvalue weighted by Gasteiger charge is 2.74. The largest absolute Gasteiger partial charge is 0.500 e. The molecule has 246 valence electrons. The SMILES string of the molecule is N[P+]1(Oc2ccccc2)N(Oc2ccccc2)P(Oc2ccccc2)N=P(Oc2ccccc2)(Oc2ccccc2)N1Oc1ccccc1. The van der Waals surface area contributed by atoms with Crippen molar-refractivity contribution in [2.75, 3.05) is 0 Å². The van der Waals surface area contributed by atoms with Gasteiger partial charge in [0, 0.05) is 0 Å². The molecule has 2 atom stereocenters. The predicted molar refractivity (Wildman–Crippen MR) is 193 cm³/mol. The number of rotatable bonds is 12. The molecule has 6 aromatic rings. The summed E-state index contributed by atoms with van der Waals surface area (Å²) < 4.78 is 35.4. The lowest BCUT2D eigenvalue weighted by molar-refractivity contribution is 0.0443. The van der Waals surface area contributed by atoms with Crippen LogP contribution < -0.4 is 33.3 Å². The number of hydrogen-bond acceptors (Lipinski definition) is 10. The third kappa shape index (κ3) is 7.72. The lowest BCUT2D eigenvalue weighted by atomic mass is 10.3. The molecule has 0 fully saturated rings. The van der Waals surface area contributed by atoms with E-state index < -0.39 is 24.1 Å². The Morgan fingerprint density at radius 3 is 1.29 bits per heavy atom. The monoisotopic (exact) mass is 709 g/mol. The third-order valence-corrected chi connectivity index (χ3v) is 14.7. The van der Waals surface area contributed by atoms with Gasteiger partial charge in [0.2, 0.25) is 0 Å². The molecule has 1 aliphatic rings. The molecule has 6 aromatic carbocycles. The van der Waals surface area contributed by atoms with Gasteiger partial charge in [0.25, 0.3) is 0 Å². The molecular weight excluding hydrogens is 677 g/mol. The lowest BCUT2D eigenvalue weighted by Crippen LogP contribution is -2.46. The van der Waals surface area contributed by atoms with Crippen molar-refractivity contribution in [1.29, 1.82) is 0 Å². The van der Waals surface area contributed by atoms with Crippen LogP contribution in [-0.4, -0.2) is 9.21 Å². The minimum atomic E-state index is -3.89. The van der Waals surface area contributed by atoms with Gasteiger partial charge in [-0.2, -0.15) is 0 Å². The van der Waals surface area contributed by atoms with E-state index in [9.17, 15) is 0 Å². The zero-order valence-electron chi connectivity index (χ0n) is 26.0. The molecule has 0 saturated heterocycles. The fourth-order valence-corrected chi connectivity index (χ4v) is 13.1. The average molecular weight is 710 g/mol. The van der Waals surface area contributed by atoms with E-state index in [1.165, 1.54) is 9.21 Å². The van der Waals surface area contributed by atoms with Gasteiger partial charge in [-0.05, 0) is 72.8 Å². The van der Waals surface area contributed by atoms with E-state index in [4.69, 9.17) is 37.8 Å². The van der Waals surface area contributed by atoms with Crippen LogP contribution in [0.4, 0.5) is 0 Å². The number of para-hydroxylation sites is 6. The van der Waals surface area contributed by atoms with Crippen molar-refractivity contribution in [3.05, 3.63) is 182 Å². The van der Waals surface area contributed by atoms with Crippen LogP contribution in [0.3, 0.4) is 0 Å². The summed E-state index contributed by atoms with van der Waals surface area (Å²) in [5, 5.41) is 0. The average Bonchev–Trinajstić information content (AvgIpc) is 3.14. The van der Waals surface area contributed by atoms with E-state index in [1.807, 2.05) is 158 Å². The third-order valence-electron chi connectivity index (χ3n) is 6.75. The van der Waals surface area contributed by atoms with E-state index in [2.05, 4.69) is 0 Å². The first-order valence-electron chi connectivity index (χ1n) is 15.2. The summed E-state index contributed by atoms with van der Waals surface area (Å²) in [7, 11) is -9.97. The lowest BCUT2D eigenvalue weighted by Gasteiger charge is -2.42. The Morgan fingerprint density at radius 2 is 0.837 bits per heavy atom. The summed E-state index contributed by atoms with van der Waals surface area (Å²) >= 11 is 0. The molecule has 2 N–H and O–H groups in total. The summed E-state index contributed by atoms with van der Waals surface area (Å²) in [5.41, 5.74) is 7.64. The molecule has 0 aliphatic carbocycles. The van der Waals surface area contributed by atoms with Crippen LogP contribution in [0.15, 0.2) is 187 Å². The minimum Gasteiger partial charge on any atom is -0.435 e. The standard InChI is InChI=1S/C36H32N4O6P3/c37-48(44-34-25-13-4-14-26-34)39(41-31-19-7-1-8-20-31)47(43-33-23-11-3-12-24-33)38-49(45-35-27-15-5-16-28-35,46-36-29-17-6-18-30-36)40(48)42-32-21-9-2-10-22-32/h1-30H,37H2/q+1. The number of benzene rings is 6. The number of hydrogen-bond donors (Lipinski definition) is 1. The van der Waals surface area contributed by atoms with E-state index in [0.29, 0.717) is 34.5 Å². The summed E-state index contributed by atoms with van der Waals surface area (Å²) in [5.74, 6) is 2.84. The van der Waals surface area contributed by atoms with Gasteiger partial charge in [0.1, 0.15) is 21.9 Å². The van der Waals surface area contributed by atoms with Crippen molar-refractivity contribution in [1.82, 2.24) is 9.21 Å². The number of nitrogens with zero attached hydrogens (tertiary/aromatic N) is 3. The first kappa shape index (κ1) is 32.6. The fraction of sp³-hybridized carbons (Fsp3) is 0. The van der Waals surface area contributed by atoms with Crippen molar-refractivity contribution < 1.29 is 27.8 Å². The van der Waals surface area contributed by atoms with Gasteiger partial charge in [-0.1, -0.05) is 109 Å². The highest BCUT2D eigenvalue weighted by Crippen LogP contribution is 2.83. The molecule has 13 heteroatoms. The van der Waals surface area contributed by atoms with Crippen LogP contribution in [0.25, 0.3) is 0 Å². The van der Waals surface area contributed by atoms with Gasteiger partial charge in [-0.3, -0.25) is 4.52 Å². The molecule has 1 aliphatic heterocycles. The predicted octanol–water partition coefficient (Wildman–Crippen LogP) is 10.7. The normalized spacial score (nSPS) is 18.8.